The van der Waals surface area contributed by atoms with Crippen LogP contribution in [0.1, 0.15) is 23.1 Å². The van der Waals surface area contributed by atoms with Crippen molar-refractivity contribution in [2.24, 2.45) is 0 Å². The quantitative estimate of drug-likeness (QED) is 0.782. The van der Waals surface area contributed by atoms with Gasteiger partial charge >= 0.3 is 0 Å². The number of hydrogen-bond donors (Lipinski definition) is 1. The van der Waals surface area contributed by atoms with Crippen LogP contribution in [-0.2, 0) is 11.2 Å². The fourth-order valence-corrected chi connectivity index (χ4v) is 3.93. The summed E-state index contributed by atoms with van der Waals surface area (Å²) in [6.45, 7) is 10.5. The summed E-state index contributed by atoms with van der Waals surface area (Å²) in [5.41, 5.74) is 6.01. The number of nitrogens with zero attached hydrogens (tertiary/aromatic N) is 2. The lowest BCUT2D eigenvalue weighted by Gasteiger charge is -2.36. The van der Waals surface area contributed by atoms with E-state index in [1.165, 1.54) is 16.8 Å². The fraction of sp³-hybridized carbons (Fsp3) is 0.435. The number of ether oxygens (including phenoxy) is 1. The third-order valence-electron chi connectivity index (χ3n) is 5.82. The van der Waals surface area contributed by atoms with Gasteiger partial charge in [0.1, 0.15) is 5.75 Å². The van der Waals surface area contributed by atoms with Gasteiger partial charge in [-0.25, -0.2) is 0 Å². The number of amides is 1. The lowest BCUT2D eigenvalue weighted by atomic mass is 10.1. The zero-order valence-corrected chi connectivity index (χ0v) is 16.8. The minimum Gasteiger partial charge on any atom is -0.494 e. The number of carbonyl (C=O) groups excluding carboxylic acids is 1. The second-order valence-corrected chi connectivity index (χ2v) is 7.84. The number of fused-ring (bicyclic) bond motifs is 1. The van der Waals surface area contributed by atoms with Crippen LogP contribution in [0.2, 0.25) is 0 Å². The molecule has 1 fully saturated rings. The monoisotopic (exact) mass is 379 g/mol. The van der Waals surface area contributed by atoms with Gasteiger partial charge < -0.3 is 15.0 Å². The lowest BCUT2D eigenvalue weighted by molar-refractivity contribution is -0.115. The topological polar surface area (TPSA) is 44.8 Å². The van der Waals surface area contributed by atoms with Crippen LogP contribution in [0.5, 0.6) is 5.75 Å². The molecule has 2 aromatic rings. The van der Waals surface area contributed by atoms with Crippen LogP contribution >= 0.6 is 0 Å². The molecular weight excluding hydrogens is 350 g/mol. The highest BCUT2D eigenvalue weighted by Crippen LogP contribution is 2.27. The minimum atomic E-state index is 0.0621. The van der Waals surface area contributed by atoms with Gasteiger partial charge in [-0.15, -0.1) is 0 Å². The normalized spacial score (nSPS) is 16.8. The van der Waals surface area contributed by atoms with E-state index in [0.29, 0.717) is 13.0 Å². The molecule has 1 amide bonds. The Labute approximate surface area is 167 Å². The summed E-state index contributed by atoms with van der Waals surface area (Å²) in [7, 11) is 0. The van der Waals surface area contributed by atoms with Crippen molar-refractivity contribution in [3.05, 3.63) is 53.1 Å². The lowest BCUT2D eigenvalue weighted by Crippen LogP contribution is -2.46. The molecule has 2 aromatic carbocycles. The van der Waals surface area contributed by atoms with Crippen molar-refractivity contribution in [2.45, 2.75) is 26.7 Å². The molecule has 4 rings (SSSR count). The maximum atomic E-state index is 11.4. The summed E-state index contributed by atoms with van der Waals surface area (Å²) in [5, 5.41) is 2.85. The van der Waals surface area contributed by atoms with Crippen LogP contribution in [0.4, 0.5) is 11.4 Å². The Hall–Kier alpha value is -2.53. The number of rotatable bonds is 6. The summed E-state index contributed by atoms with van der Waals surface area (Å²) < 4.78 is 5.90. The van der Waals surface area contributed by atoms with E-state index in [2.05, 4.69) is 47.2 Å². The van der Waals surface area contributed by atoms with Gasteiger partial charge in [-0.1, -0.05) is 6.07 Å². The van der Waals surface area contributed by atoms with Crippen LogP contribution in [0.3, 0.4) is 0 Å². The molecule has 2 heterocycles. The third kappa shape index (κ3) is 4.30. The number of anilines is 2. The first-order valence-electron chi connectivity index (χ1n) is 10.2. The summed E-state index contributed by atoms with van der Waals surface area (Å²) in [4.78, 5) is 16.4. The Bertz CT molecular complexity index is 857. The Kier molecular flexibility index (Phi) is 5.53. The molecule has 0 aliphatic carbocycles. The first-order valence-corrected chi connectivity index (χ1v) is 10.2. The van der Waals surface area contributed by atoms with Crippen LogP contribution < -0.4 is 15.0 Å². The number of benzene rings is 2. The second-order valence-electron chi connectivity index (χ2n) is 7.84. The van der Waals surface area contributed by atoms with Crippen LogP contribution in [0.15, 0.2) is 36.4 Å². The van der Waals surface area contributed by atoms with Crippen LogP contribution in [0.25, 0.3) is 0 Å². The molecule has 0 atom stereocenters. The van der Waals surface area contributed by atoms with Gasteiger partial charge in [0.25, 0.3) is 0 Å². The third-order valence-corrected chi connectivity index (χ3v) is 5.82. The molecule has 0 radical (unpaired) electrons. The molecule has 0 bridgehead atoms. The predicted molar refractivity (Wildman–Crippen MR) is 113 cm³/mol. The van der Waals surface area contributed by atoms with Crippen LogP contribution in [-0.4, -0.2) is 50.1 Å². The highest BCUT2D eigenvalue weighted by atomic mass is 16.5. The Balaban J connectivity index is 1.18. The van der Waals surface area contributed by atoms with Gasteiger partial charge in [0, 0.05) is 44.1 Å². The zero-order valence-electron chi connectivity index (χ0n) is 16.8. The molecule has 2 aliphatic rings. The molecule has 1 saturated heterocycles. The standard InChI is InChI=1S/C23H29N3O2/c1-17-4-5-20(14-18(17)2)26-11-9-25(10-12-26)8-3-13-28-21-6-7-22-19(15-21)16-23(27)24-22/h4-7,14-15H,3,8-13,16H2,1-2H3,(H,24,27). The van der Waals surface area contributed by atoms with Crippen LogP contribution in [0, 0.1) is 13.8 Å². The molecule has 0 unspecified atom stereocenters. The Morgan fingerprint density at radius 2 is 1.82 bits per heavy atom. The van der Waals surface area contributed by atoms with E-state index in [4.69, 9.17) is 4.74 Å². The molecule has 1 N–H and O–H groups in total. The van der Waals surface area contributed by atoms with Crippen molar-refractivity contribution in [1.82, 2.24) is 4.90 Å². The van der Waals surface area contributed by atoms with Crippen molar-refractivity contribution in [2.75, 3.05) is 49.5 Å². The Morgan fingerprint density at radius 3 is 2.61 bits per heavy atom. The van der Waals surface area contributed by atoms with Crippen molar-refractivity contribution in [3.8, 4) is 5.75 Å². The number of hydrogen-bond acceptors (Lipinski definition) is 4. The maximum Gasteiger partial charge on any atom is 0.228 e. The van der Waals surface area contributed by atoms with Crippen molar-refractivity contribution >= 4 is 17.3 Å². The predicted octanol–water partition coefficient (Wildman–Crippen LogP) is 3.39. The average Bonchev–Trinajstić information content (AvgIpc) is 3.07. The highest BCUT2D eigenvalue weighted by molar-refractivity contribution is 5.99. The van der Waals surface area contributed by atoms with Gasteiger partial charge in [-0.05, 0) is 67.3 Å². The number of carbonyl (C=O) groups is 1. The van der Waals surface area contributed by atoms with E-state index in [1.54, 1.807) is 0 Å². The maximum absolute atomic E-state index is 11.4. The summed E-state index contributed by atoms with van der Waals surface area (Å²) in [5.74, 6) is 0.918. The van der Waals surface area contributed by atoms with Gasteiger partial charge in [0.05, 0.1) is 13.0 Å². The highest BCUT2D eigenvalue weighted by Gasteiger charge is 2.19. The van der Waals surface area contributed by atoms with E-state index in [0.717, 1.165) is 56.1 Å². The summed E-state index contributed by atoms with van der Waals surface area (Å²) in [6, 6.07) is 12.6. The van der Waals surface area contributed by atoms with E-state index in [1.807, 2.05) is 18.2 Å². The van der Waals surface area contributed by atoms with Crippen molar-refractivity contribution in [3.63, 3.8) is 0 Å². The van der Waals surface area contributed by atoms with E-state index < -0.39 is 0 Å². The fourth-order valence-electron chi connectivity index (χ4n) is 3.93. The van der Waals surface area contributed by atoms with E-state index in [9.17, 15) is 4.79 Å². The SMILES string of the molecule is Cc1ccc(N2CCN(CCCOc3ccc4c(c3)CC(=O)N4)CC2)cc1C. The minimum absolute atomic E-state index is 0.0621. The molecule has 2 aliphatic heterocycles. The van der Waals surface area contributed by atoms with Gasteiger partial charge in [0.15, 0.2) is 0 Å². The van der Waals surface area contributed by atoms with Crippen molar-refractivity contribution in [1.29, 1.82) is 0 Å². The first kappa shape index (κ1) is 18.8. The number of nitrogens with one attached hydrogen (secondary N) is 1. The zero-order chi connectivity index (χ0) is 19.5. The van der Waals surface area contributed by atoms with Gasteiger partial charge in [-0.2, -0.15) is 0 Å². The molecule has 5 nitrogen and oxygen atoms in total. The summed E-state index contributed by atoms with van der Waals surface area (Å²) >= 11 is 0. The number of piperazine rings is 1. The Morgan fingerprint density at radius 1 is 1.00 bits per heavy atom. The van der Waals surface area contributed by atoms with E-state index in [-0.39, 0.29) is 5.91 Å². The molecule has 5 heteroatoms. The molecule has 0 saturated carbocycles. The van der Waals surface area contributed by atoms with E-state index >= 15 is 0 Å². The van der Waals surface area contributed by atoms with Crippen molar-refractivity contribution < 1.29 is 9.53 Å². The number of aryl methyl sites for hydroxylation is 2. The smallest absolute Gasteiger partial charge is 0.228 e. The average molecular weight is 380 g/mol. The second kappa shape index (κ2) is 8.23. The molecule has 148 valence electrons. The van der Waals surface area contributed by atoms with Gasteiger partial charge in [0.2, 0.25) is 5.91 Å². The van der Waals surface area contributed by atoms with Gasteiger partial charge in [-0.3, -0.25) is 9.69 Å². The molecule has 0 aromatic heterocycles. The molecule has 0 spiro atoms. The summed E-state index contributed by atoms with van der Waals surface area (Å²) in [6.07, 6.45) is 1.47. The largest absolute Gasteiger partial charge is 0.494 e. The molecule has 28 heavy (non-hydrogen) atoms. The molecular formula is C23H29N3O2. The first-order chi connectivity index (χ1) is 13.6.